The van der Waals surface area contributed by atoms with Crippen LogP contribution < -0.4 is 4.90 Å². The summed E-state index contributed by atoms with van der Waals surface area (Å²) in [7, 11) is -4.31. The third kappa shape index (κ3) is 3.91. The molecule has 0 saturated carbocycles. The summed E-state index contributed by atoms with van der Waals surface area (Å²) in [5.74, 6) is -1.01. The molecule has 7 nitrogen and oxygen atoms in total. The summed E-state index contributed by atoms with van der Waals surface area (Å²) in [5.41, 5.74) is 1.52. The average Bonchev–Trinajstić information content (AvgIpc) is 2.84. The Hall–Kier alpha value is -3.50. The van der Waals surface area contributed by atoms with E-state index in [4.69, 9.17) is 4.98 Å². The van der Waals surface area contributed by atoms with E-state index in [1.807, 2.05) is 35.2 Å². The number of pyridine rings is 1. The second kappa shape index (κ2) is 8.45. The summed E-state index contributed by atoms with van der Waals surface area (Å²) in [6.07, 6.45) is 3.35. The van der Waals surface area contributed by atoms with Gasteiger partial charge < -0.3 is 4.90 Å². The van der Waals surface area contributed by atoms with Crippen molar-refractivity contribution in [3.8, 4) is 11.4 Å². The molecule has 0 amide bonds. The van der Waals surface area contributed by atoms with Crippen molar-refractivity contribution < 1.29 is 17.2 Å². The lowest BCUT2D eigenvalue weighted by atomic mass is 10.2. The van der Waals surface area contributed by atoms with E-state index in [0.29, 0.717) is 24.7 Å². The minimum Gasteiger partial charge on any atom is -0.353 e. The first-order valence-electron chi connectivity index (χ1n) is 10.3. The summed E-state index contributed by atoms with van der Waals surface area (Å²) in [5, 5.41) is 0.835. The number of fused-ring (bicyclic) bond motifs is 1. The largest absolute Gasteiger partial charge is 0.353 e. The van der Waals surface area contributed by atoms with Gasteiger partial charge in [-0.15, -0.1) is 0 Å². The van der Waals surface area contributed by atoms with E-state index in [-0.39, 0.29) is 13.1 Å². The Labute approximate surface area is 189 Å². The number of aromatic nitrogens is 3. The van der Waals surface area contributed by atoms with E-state index >= 15 is 0 Å². The van der Waals surface area contributed by atoms with Crippen molar-refractivity contribution in [3.63, 3.8) is 0 Å². The lowest BCUT2D eigenvalue weighted by Crippen LogP contribution is -2.49. The van der Waals surface area contributed by atoms with Gasteiger partial charge in [0, 0.05) is 49.5 Å². The van der Waals surface area contributed by atoms with E-state index in [1.54, 1.807) is 18.5 Å². The predicted molar refractivity (Wildman–Crippen MR) is 120 cm³/mol. The van der Waals surface area contributed by atoms with Crippen LogP contribution in [-0.2, 0) is 10.0 Å². The summed E-state index contributed by atoms with van der Waals surface area (Å²) >= 11 is 0. The van der Waals surface area contributed by atoms with Crippen LogP contribution in [0, 0.1) is 11.6 Å². The van der Waals surface area contributed by atoms with Crippen LogP contribution in [0.5, 0.6) is 0 Å². The first-order valence-corrected chi connectivity index (χ1v) is 11.8. The van der Waals surface area contributed by atoms with Crippen LogP contribution in [0.25, 0.3) is 22.3 Å². The molecule has 1 aliphatic rings. The maximum absolute atomic E-state index is 14.1. The Morgan fingerprint density at radius 3 is 2.24 bits per heavy atom. The number of piperazine rings is 1. The van der Waals surface area contributed by atoms with Crippen molar-refractivity contribution in [2.24, 2.45) is 0 Å². The molecule has 10 heteroatoms. The zero-order valence-electron chi connectivity index (χ0n) is 17.4. The van der Waals surface area contributed by atoms with Crippen molar-refractivity contribution in [3.05, 3.63) is 78.6 Å². The minimum absolute atomic E-state index is 0.0661. The molecular weight excluding hydrogens is 448 g/mol. The van der Waals surface area contributed by atoms with Crippen molar-refractivity contribution in [1.82, 2.24) is 19.3 Å². The van der Waals surface area contributed by atoms with Gasteiger partial charge in [-0.05, 0) is 36.4 Å². The molecule has 0 spiro atoms. The Morgan fingerprint density at radius 1 is 0.818 bits per heavy atom. The molecule has 1 fully saturated rings. The summed E-state index contributed by atoms with van der Waals surface area (Å²) in [4.78, 5) is 14.6. The van der Waals surface area contributed by atoms with Crippen LogP contribution in [0.15, 0.2) is 71.9 Å². The molecule has 0 unspecified atom stereocenters. The van der Waals surface area contributed by atoms with E-state index in [9.17, 15) is 17.2 Å². The molecule has 0 atom stereocenters. The van der Waals surface area contributed by atoms with Crippen LogP contribution in [-0.4, -0.2) is 53.9 Å². The number of nitrogens with zero attached hydrogens (tertiary/aromatic N) is 5. The van der Waals surface area contributed by atoms with Gasteiger partial charge in [0.25, 0.3) is 0 Å². The van der Waals surface area contributed by atoms with Crippen LogP contribution >= 0.6 is 0 Å². The number of benzene rings is 2. The number of hydrogen-bond donors (Lipinski definition) is 0. The normalized spacial score (nSPS) is 15.2. The van der Waals surface area contributed by atoms with Gasteiger partial charge in [-0.2, -0.15) is 4.31 Å². The number of halogens is 2. The maximum Gasteiger partial charge on any atom is 0.249 e. The van der Waals surface area contributed by atoms with Gasteiger partial charge in [-0.1, -0.05) is 18.2 Å². The lowest BCUT2D eigenvalue weighted by molar-refractivity contribution is 0.378. The predicted octanol–water partition coefficient (Wildman–Crippen LogP) is 3.48. The SMILES string of the molecule is O=S(=O)(c1c(F)cccc1F)N1CCN(c2nc(-c3cccnc3)nc3ccccc23)CC1. The third-order valence-electron chi connectivity index (χ3n) is 5.56. The van der Waals surface area contributed by atoms with Crippen molar-refractivity contribution >= 4 is 26.7 Å². The van der Waals surface area contributed by atoms with Gasteiger partial charge in [0.1, 0.15) is 17.5 Å². The molecule has 4 aromatic rings. The summed E-state index contributed by atoms with van der Waals surface area (Å²) in [6.45, 7) is 0.749. The van der Waals surface area contributed by atoms with E-state index in [0.717, 1.165) is 39.0 Å². The van der Waals surface area contributed by atoms with E-state index < -0.39 is 26.6 Å². The molecule has 33 heavy (non-hydrogen) atoms. The molecule has 0 bridgehead atoms. The highest BCUT2D eigenvalue weighted by Crippen LogP contribution is 2.29. The van der Waals surface area contributed by atoms with Gasteiger partial charge in [-0.3, -0.25) is 4.98 Å². The van der Waals surface area contributed by atoms with Crippen molar-refractivity contribution in [2.45, 2.75) is 4.90 Å². The van der Waals surface area contributed by atoms with Gasteiger partial charge in [0.2, 0.25) is 10.0 Å². The zero-order valence-corrected chi connectivity index (χ0v) is 18.2. The molecular formula is C23H19F2N5O2S. The third-order valence-corrected chi connectivity index (χ3v) is 7.51. The first-order chi connectivity index (χ1) is 15.9. The highest BCUT2D eigenvalue weighted by atomic mass is 32.2. The molecule has 1 saturated heterocycles. The van der Waals surface area contributed by atoms with Crippen LogP contribution in [0.1, 0.15) is 0 Å². The Bertz CT molecular complexity index is 1410. The molecule has 168 valence electrons. The Balaban J connectivity index is 1.46. The monoisotopic (exact) mass is 467 g/mol. The molecule has 0 aliphatic carbocycles. The van der Waals surface area contributed by atoms with E-state index in [2.05, 4.69) is 9.97 Å². The first kappa shape index (κ1) is 21.4. The number of rotatable bonds is 4. The average molecular weight is 468 g/mol. The van der Waals surface area contributed by atoms with E-state index in [1.165, 1.54) is 0 Å². The van der Waals surface area contributed by atoms with Crippen LogP contribution in [0.3, 0.4) is 0 Å². The molecule has 2 aromatic carbocycles. The molecule has 0 radical (unpaired) electrons. The van der Waals surface area contributed by atoms with Gasteiger partial charge in [-0.25, -0.2) is 27.2 Å². The fraction of sp³-hybridized carbons (Fsp3) is 0.174. The van der Waals surface area contributed by atoms with Gasteiger partial charge >= 0.3 is 0 Å². The van der Waals surface area contributed by atoms with Crippen LogP contribution in [0.4, 0.5) is 14.6 Å². The highest BCUT2D eigenvalue weighted by Gasteiger charge is 2.33. The fourth-order valence-corrected chi connectivity index (χ4v) is 5.45. The number of sulfonamides is 1. The standard InChI is InChI=1S/C23H19F2N5O2S/c24-18-7-3-8-19(25)21(18)33(31,32)30-13-11-29(12-14-30)23-17-6-1-2-9-20(17)27-22(28-23)16-5-4-10-26-15-16/h1-10,15H,11-14H2. The number of anilines is 1. The molecule has 3 heterocycles. The molecule has 2 aromatic heterocycles. The Morgan fingerprint density at radius 2 is 1.55 bits per heavy atom. The van der Waals surface area contributed by atoms with Gasteiger partial charge in [0.05, 0.1) is 5.52 Å². The second-order valence-corrected chi connectivity index (χ2v) is 9.45. The maximum atomic E-state index is 14.1. The molecule has 1 aliphatic heterocycles. The molecule has 0 N–H and O–H groups in total. The zero-order chi connectivity index (χ0) is 23.0. The van der Waals surface area contributed by atoms with Crippen LogP contribution in [0.2, 0.25) is 0 Å². The summed E-state index contributed by atoms with van der Waals surface area (Å²) < 4.78 is 55.2. The highest BCUT2D eigenvalue weighted by molar-refractivity contribution is 7.89. The second-order valence-electron chi connectivity index (χ2n) is 7.57. The quantitative estimate of drug-likeness (QED) is 0.457. The lowest BCUT2D eigenvalue weighted by Gasteiger charge is -2.35. The minimum atomic E-state index is -4.31. The van der Waals surface area contributed by atoms with Gasteiger partial charge in [0.15, 0.2) is 10.7 Å². The topological polar surface area (TPSA) is 79.3 Å². The van der Waals surface area contributed by atoms with Crippen molar-refractivity contribution in [2.75, 3.05) is 31.1 Å². The number of para-hydroxylation sites is 1. The smallest absolute Gasteiger partial charge is 0.249 e. The Kier molecular flexibility index (Phi) is 5.47. The summed E-state index contributed by atoms with van der Waals surface area (Å²) in [6, 6.07) is 14.3. The fourth-order valence-electron chi connectivity index (χ4n) is 3.92. The molecule has 5 rings (SSSR count). The van der Waals surface area contributed by atoms with Crippen molar-refractivity contribution in [1.29, 1.82) is 0 Å². The number of hydrogen-bond acceptors (Lipinski definition) is 6.